The zero-order chi connectivity index (χ0) is 11.4. The topological polar surface area (TPSA) is 63.6 Å². The SMILES string of the molecule is CCOC(=O)c1ccc(C(=O)O)cc1I. The summed E-state index contributed by atoms with van der Waals surface area (Å²) in [5.74, 6) is -1.44. The van der Waals surface area contributed by atoms with Crippen molar-refractivity contribution in [1.29, 1.82) is 0 Å². The molecule has 1 aromatic carbocycles. The summed E-state index contributed by atoms with van der Waals surface area (Å²) in [6.07, 6.45) is 0. The molecule has 0 radical (unpaired) electrons. The third-order valence-corrected chi connectivity index (χ3v) is 2.60. The lowest BCUT2D eigenvalue weighted by atomic mass is 10.1. The Hall–Kier alpha value is -1.11. The molecule has 15 heavy (non-hydrogen) atoms. The van der Waals surface area contributed by atoms with Gasteiger partial charge in [-0.2, -0.15) is 0 Å². The van der Waals surface area contributed by atoms with Crippen LogP contribution in [0.2, 0.25) is 0 Å². The number of aromatic carboxylic acids is 1. The van der Waals surface area contributed by atoms with Crippen LogP contribution < -0.4 is 0 Å². The number of hydrogen-bond donors (Lipinski definition) is 1. The average molecular weight is 320 g/mol. The lowest BCUT2D eigenvalue weighted by molar-refractivity contribution is 0.0523. The third kappa shape index (κ3) is 2.92. The summed E-state index contributed by atoms with van der Waals surface area (Å²) in [4.78, 5) is 22.0. The monoisotopic (exact) mass is 320 g/mol. The number of carbonyl (C=O) groups is 2. The molecule has 0 spiro atoms. The smallest absolute Gasteiger partial charge is 0.339 e. The van der Waals surface area contributed by atoms with Crippen molar-refractivity contribution in [2.45, 2.75) is 6.92 Å². The minimum absolute atomic E-state index is 0.160. The fraction of sp³-hybridized carbons (Fsp3) is 0.200. The molecule has 0 aromatic heterocycles. The second kappa shape index (κ2) is 5.11. The Balaban J connectivity index is 3.03. The van der Waals surface area contributed by atoms with Gasteiger partial charge in [-0.15, -0.1) is 0 Å². The first kappa shape index (κ1) is 12.0. The molecule has 0 fully saturated rings. The molecule has 0 saturated heterocycles. The van der Waals surface area contributed by atoms with Gasteiger partial charge in [0.2, 0.25) is 0 Å². The highest BCUT2D eigenvalue weighted by Gasteiger charge is 2.13. The molecule has 1 N–H and O–H groups in total. The average Bonchev–Trinajstić information content (AvgIpc) is 2.17. The molecule has 4 nitrogen and oxygen atoms in total. The van der Waals surface area contributed by atoms with Crippen LogP contribution >= 0.6 is 22.6 Å². The highest BCUT2D eigenvalue weighted by atomic mass is 127. The number of carboxylic acids is 1. The molecular formula is C10H9IO4. The molecule has 0 aliphatic rings. The van der Waals surface area contributed by atoms with Crippen LogP contribution in [0, 0.1) is 3.57 Å². The molecule has 1 rings (SSSR count). The Morgan fingerprint density at radius 2 is 2.13 bits per heavy atom. The van der Waals surface area contributed by atoms with Crippen LogP contribution in [0.15, 0.2) is 18.2 Å². The van der Waals surface area contributed by atoms with Crippen LogP contribution in [0.5, 0.6) is 0 Å². The van der Waals surface area contributed by atoms with Crippen LogP contribution in [-0.4, -0.2) is 23.7 Å². The third-order valence-electron chi connectivity index (χ3n) is 1.71. The minimum Gasteiger partial charge on any atom is -0.478 e. The first-order valence-corrected chi connectivity index (χ1v) is 5.34. The summed E-state index contributed by atoms with van der Waals surface area (Å²) in [5.41, 5.74) is 0.551. The molecule has 0 amide bonds. The maximum Gasteiger partial charge on any atom is 0.339 e. The van der Waals surface area contributed by atoms with E-state index >= 15 is 0 Å². The van der Waals surface area contributed by atoms with Crippen molar-refractivity contribution in [3.8, 4) is 0 Å². The van der Waals surface area contributed by atoms with E-state index in [9.17, 15) is 9.59 Å². The second-order valence-electron chi connectivity index (χ2n) is 2.72. The molecule has 0 heterocycles. The van der Waals surface area contributed by atoms with E-state index in [1.165, 1.54) is 18.2 Å². The molecule has 1 aromatic rings. The number of ether oxygens (including phenoxy) is 1. The highest BCUT2D eigenvalue weighted by Crippen LogP contribution is 2.15. The largest absolute Gasteiger partial charge is 0.478 e. The van der Waals surface area contributed by atoms with E-state index in [0.29, 0.717) is 15.7 Å². The number of carboxylic acid groups (broad SMARTS) is 1. The van der Waals surface area contributed by atoms with Crippen LogP contribution in [0.4, 0.5) is 0 Å². The first-order valence-electron chi connectivity index (χ1n) is 4.26. The number of benzene rings is 1. The van der Waals surface area contributed by atoms with Gasteiger partial charge in [0.15, 0.2) is 0 Å². The molecule has 0 bridgehead atoms. The van der Waals surface area contributed by atoms with Crippen LogP contribution in [-0.2, 0) is 4.74 Å². The summed E-state index contributed by atoms with van der Waals surface area (Å²) in [6, 6.07) is 4.29. The van der Waals surface area contributed by atoms with Gasteiger partial charge in [0.25, 0.3) is 0 Å². The van der Waals surface area contributed by atoms with E-state index in [1.54, 1.807) is 6.92 Å². The second-order valence-corrected chi connectivity index (χ2v) is 3.88. The van der Waals surface area contributed by atoms with Crippen molar-refractivity contribution in [2.75, 3.05) is 6.61 Å². The van der Waals surface area contributed by atoms with Crippen molar-refractivity contribution in [1.82, 2.24) is 0 Å². The van der Waals surface area contributed by atoms with E-state index in [-0.39, 0.29) is 5.56 Å². The van der Waals surface area contributed by atoms with E-state index in [2.05, 4.69) is 0 Å². The predicted octanol–water partition coefficient (Wildman–Crippen LogP) is 2.17. The van der Waals surface area contributed by atoms with Gasteiger partial charge in [-0.25, -0.2) is 9.59 Å². The molecule has 0 aliphatic carbocycles. The van der Waals surface area contributed by atoms with Gasteiger partial charge in [-0.3, -0.25) is 0 Å². The number of hydrogen-bond acceptors (Lipinski definition) is 3. The summed E-state index contributed by atoms with van der Waals surface area (Å²) >= 11 is 1.91. The highest BCUT2D eigenvalue weighted by molar-refractivity contribution is 14.1. The molecule has 0 atom stereocenters. The van der Waals surface area contributed by atoms with Gasteiger partial charge < -0.3 is 9.84 Å². The van der Waals surface area contributed by atoms with E-state index in [0.717, 1.165) is 0 Å². The number of rotatable bonds is 3. The standard InChI is InChI=1S/C10H9IO4/c1-2-15-10(14)7-4-3-6(9(12)13)5-8(7)11/h3-5H,2H2,1H3,(H,12,13). The molecule has 80 valence electrons. The van der Waals surface area contributed by atoms with Gasteiger partial charge in [0.05, 0.1) is 17.7 Å². The lowest BCUT2D eigenvalue weighted by Crippen LogP contribution is -2.08. The number of carbonyl (C=O) groups excluding carboxylic acids is 1. The van der Waals surface area contributed by atoms with Crippen molar-refractivity contribution in [2.24, 2.45) is 0 Å². The zero-order valence-electron chi connectivity index (χ0n) is 7.99. The van der Waals surface area contributed by atoms with Gasteiger partial charge in [-0.1, -0.05) is 0 Å². The molecule has 0 aliphatic heterocycles. The van der Waals surface area contributed by atoms with E-state index in [4.69, 9.17) is 9.84 Å². The predicted molar refractivity (Wildman–Crippen MR) is 62.1 cm³/mol. The van der Waals surface area contributed by atoms with E-state index < -0.39 is 11.9 Å². The Morgan fingerprint density at radius 1 is 1.47 bits per heavy atom. The van der Waals surface area contributed by atoms with Crippen molar-refractivity contribution >= 4 is 34.5 Å². The Bertz CT molecular complexity index is 400. The molecular weight excluding hydrogens is 311 g/mol. The number of halogens is 1. The first-order chi connectivity index (χ1) is 7.06. The van der Waals surface area contributed by atoms with Crippen molar-refractivity contribution in [3.05, 3.63) is 32.9 Å². The summed E-state index contributed by atoms with van der Waals surface area (Å²) < 4.78 is 5.39. The maximum atomic E-state index is 11.4. The quantitative estimate of drug-likeness (QED) is 0.685. The Labute approximate surface area is 100 Å². The van der Waals surface area contributed by atoms with Gasteiger partial charge >= 0.3 is 11.9 Å². The van der Waals surface area contributed by atoms with Gasteiger partial charge in [-0.05, 0) is 47.7 Å². The minimum atomic E-state index is -1.01. The van der Waals surface area contributed by atoms with Gasteiger partial charge in [0, 0.05) is 3.57 Å². The Morgan fingerprint density at radius 3 is 2.60 bits per heavy atom. The summed E-state index contributed by atoms with van der Waals surface area (Å²) in [7, 11) is 0. The zero-order valence-corrected chi connectivity index (χ0v) is 10.1. The fourth-order valence-electron chi connectivity index (χ4n) is 1.02. The maximum absolute atomic E-state index is 11.4. The molecule has 0 unspecified atom stereocenters. The van der Waals surface area contributed by atoms with Crippen LogP contribution in [0.25, 0.3) is 0 Å². The lowest BCUT2D eigenvalue weighted by Gasteiger charge is -2.04. The summed E-state index contributed by atoms with van der Waals surface area (Å²) in [6.45, 7) is 2.02. The van der Waals surface area contributed by atoms with Crippen LogP contribution in [0.3, 0.4) is 0 Å². The fourth-order valence-corrected chi connectivity index (χ4v) is 1.76. The molecule has 0 saturated carbocycles. The van der Waals surface area contributed by atoms with E-state index in [1.807, 2.05) is 22.6 Å². The normalized spacial score (nSPS) is 9.73. The number of esters is 1. The Kier molecular flexibility index (Phi) is 4.07. The molecule has 5 heteroatoms. The van der Waals surface area contributed by atoms with Crippen LogP contribution in [0.1, 0.15) is 27.6 Å². The summed E-state index contributed by atoms with van der Waals surface area (Å²) in [5, 5.41) is 8.72. The van der Waals surface area contributed by atoms with Gasteiger partial charge in [0.1, 0.15) is 0 Å². The van der Waals surface area contributed by atoms with Crippen molar-refractivity contribution in [3.63, 3.8) is 0 Å². The van der Waals surface area contributed by atoms with Crippen molar-refractivity contribution < 1.29 is 19.4 Å².